The van der Waals surface area contributed by atoms with Gasteiger partial charge in [-0.3, -0.25) is 9.59 Å². The number of carboxylic acids is 1. The Hall–Kier alpha value is -1.14. The van der Waals surface area contributed by atoms with Gasteiger partial charge >= 0.3 is 5.97 Å². The van der Waals surface area contributed by atoms with Gasteiger partial charge in [0.05, 0.1) is 12.2 Å². The number of hydrogen-bond donors (Lipinski definition) is 2. The molecule has 0 radical (unpaired) electrons. The van der Waals surface area contributed by atoms with E-state index in [1.807, 2.05) is 20.8 Å². The fourth-order valence-corrected chi connectivity index (χ4v) is 1.58. The molecule has 0 aromatic carbocycles. The van der Waals surface area contributed by atoms with Gasteiger partial charge in [-0.05, 0) is 20.8 Å². The molecule has 1 fully saturated rings. The Labute approximate surface area is 101 Å². The van der Waals surface area contributed by atoms with Gasteiger partial charge in [-0.15, -0.1) is 0 Å². The van der Waals surface area contributed by atoms with Crippen molar-refractivity contribution in [2.24, 2.45) is 0 Å². The number of hydrogen-bond acceptors (Lipinski definition) is 4. The average molecular weight is 244 g/mol. The second-order valence-electron chi connectivity index (χ2n) is 5.08. The van der Waals surface area contributed by atoms with Crippen molar-refractivity contribution in [3.05, 3.63) is 0 Å². The molecule has 1 rings (SSSR count). The van der Waals surface area contributed by atoms with Crippen LogP contribution in [0.4, 0.5) is 0 Å². The van der Waals surface area contributed by atoms with Crippen molar-refractivity contribution >= 4 is 11.9 Å². The summed E-state index contributed by atoms with van der Waals surface area (Å²) in [6.45, 7) is 6.78. The third-order valence-electron chi connectivity index (χ3n) is 2.39. The molecule has 1 aliphatic heterocycles. The Bertz CT molecular complexity index is 298. The predicted octanol–water partition coefficient (Wildman–Crippen LogP) is -0.313. The summed E-state index contributed by atoms with van der Waals surface area (Å²) in [6, 6.07) is -0.442. The SMILES string of the molecule is CC(C)(C)OCC1NCCN(CC(=O)O)C1=O. The van der Waals surface area contributed by atoms with Crippen LogP contribution in [-0.4, -0.2) is 59.8 Å². The number of rotatable bonds is 4. The maximum absolute atomic E-state index is 11.9. The van der Waals surface area contributed by atoms with E-state index in [2.05, 4.69) is 5.32 Å². The van der Waals surface area contributed by atoms with Crippen LogP contribution >= 0.6 is 0 Å². The largest absolute Gasteiger partial charge is 0.480 e. The summed E-state index contributed by atoms with van der Waals surface area (Å²) in [7, 11) is 0. The van der Waals surface area contributed by atoms with E-state index in [0.717, 1.165) is 0 Å². The molecule has 1 amide bonds. The van der Waals surface area contributed by atoms with Crippen molar-refractivity contribution in [2.75, 3.05) is 26.2 Å². The molecule has 0 aromatic rings. The highest BCUT2D eigenvalue weighted by atomic mass is 16.5. The number of carboxylic acid groups (broad SMARTS) is 1. The Morgan fingerprint density at radius 1 is 1.59 bits per heavy atom. The van der Waals surface area contributed by atoms with Crippen LogP contribution in [0.5, 0.6) is 0 Å². The van der Waals surface area contributed by atoms with Crippen LogP contribution in [-0.2, 0) is 14.3 Å². The van der Waals surface area contributed by atoms with Gasteiger partial charge in [-0.25, -0.2) is 0 Å². The van der Waals surface area contributed by atoms with Crippen molar-refractivity contribution in [1.29, 1.82) is 0 Å². The first-order chi connectivity index (χ1) is 7.79. The van der Waals surface area contributed by atoms with Crippen molar-refractivity contribution in [3.8, 4) is 0 Å². The molecule has 0 aliphatic carbocycles. The van der Waals surface area contributed by atoms with Crippen LogP contribution in [0.15, 0.2) is 0 Å². The van der Waals surface area contributed by atoms with Gasteiger partial charge in [0.25, 0.3) is 0 Å². The zero-order chi connectivity index (χ0) is 13.1. The number of nitrogens with zero attached hydrogens (tertiary/aromatic N) is 1. The molecule has 0 aromatic heterocycles. The first-order valence-corrected chi connectivity index (χ1v) is 5.67. The molecule has 6 nitrogen and oxygen atoms in total. The van der Waals surface area contributed by atoms with E-state index in [9.17, 15) is 9.59 Å². The Morgan fingerprint density at radius 3 is 2.76 bits per heavy atom. The Morgan fingerprint density at radius 2 is 2.24 bits per heavy atom. The van der Waals surface area contributed by atoms with Crippen molar-refractivity contribution in [1.82, 2.24) is 10.2 Å². The quantitative estimate of drug-likeness (QED) is 0.709. The summed E-state index contributed by atoms with van der Waals surface area (Å²) in [5, 5.41) is 11.7. The highest BCUT2D eigenvalue weighted by Gasteiger charge is 2.30. The van der Waals surface area contributed by atoms with Gasteiger partial charge in [0, 0.05) is 13.1 Å². The van der Waals surface area contributed by atoms with E-state index in [-0.39, 0.29) is 24.7 Å². The number of nitrogens with one attached hydrogen (secondary N) is 1. The summed E-state index contributed by atoms with van der Waals surface area (Å²) in [5.74, 6) is -1.20. The third-order valence-corrected chi connectivity index (χ3v) is 2.39. The molecule has 17 heavy (non-hydrogen) atoms. The number of amides is 1. The minimum absolute atomic E-state index is 0.206. The Balaban J connectivity index is 2.50. The first-order valence-electron chi connectivity index (χ1n) is 5.67. The summed E-state index contributed by atoms with van der Waals surface area (Å²) in [4.78, 5) is 23.8. The molecule has 2 N–H and O–H groups in total. The lowest BCUT2D eigenvalue weighted by atomic mass is 10.1. The molecule has 1 atom stereocenters. The van der Waals surface area contributed by atoms with E-state index in [4.69, 9.17) is 9.84 Å². The van der Waals surface area contributed by atoms with Crippen molar-refractivity contribution in [3.63, 3.8) is 0 Å². The second-order valence-corrected chi connectivity index (χ2v) is 5.08. The molecule has 1 saturated heterocycles. The van der Waals surface area contributed by atoms with E-state index in [1.54, 1.807) is 0 Å². The molecule has 0 saturated carbocycles. The van der Waals surface area contributed by atoms with Crippen LogP contribution in [0.3, 0.4) is 0 Å². The van der Waals surface area contributed by atoms with E-state index < -0.39 is 12.0 Å². The fourth-order valence-electron chi connectivity index (χ4n) is 1.58. The summed E-state index contributed by atoms with van der Waals surface area (Å²) >= 11 is 0. The minimum Gasteiger partial charge on any atom is -0.480 e. The number of aliphatic carboxylic acids is 1. The fraction of sp³-hybridized carbons (Fsp3) is 0.818. The van der Waals surface area contributed by atoms with Gasteiger partial charge in [0.15, 0.2) is 0 Å². The molecule has 1 heterocycles. The first kappa shape index (κ1) is 13.9. The monoisotopic (exact) mass is 244 g/mol. The van der Waals surface area contributed by atoms with Crippen LogP contribution < -0.4 is 5.32 Å². The average Bonchev–Trinajstić information content (AvgIpc) is 2.17. The molecule has 98 valence electrons. The maximum Gasteiger partial charge on any atom is 0.323 e. The topological polar surface area (TPSA) is 78.9 Å². The standard InChI is InChI=1S/C11H20N2O4/c1-11(2,3)17-7-8-10(16)13(5-4-12-8)6-9(14)15/h8,12H,4-7H2,1-3H3,(H,14,15). The van der Waals surface area contributed by atoms with Gasteiger partial charge in [-0.2, -0.15) is 0 Å². The summed E-state index contributed by atoms with van der Waals surface area (Å²) in [6.07, 6.45) is 0. The lowest BCUT2D eigenvalue weighted by Gasteiger charge is -2.33. The van der Waals surface area contributed by atoms with Gasteiger partial charge < -0.3 is 20.1 Å². The van der Waals surface area contributed by atoms with Crippen LogP contribution in [0.25, 0.3) is 0 Å². The summed E-state index contributed by atoms with van der Waals surface area (Å²) < 4.78 is 5.54. The summed E-state index contributed by atoms with van der Waals surface area (Å²) in [5.41, 5.74) is -0.308. The number of piperazine rings is 1. The maximum atomic E-state index is 11.9. The molecule has 1 unspecified atom stereocenters. The van der Waals surface area contributed by atoms with E-state index in [0.29, 0.717) is 13.1 Å². The normalized spacial score (nSPS) is 21.7. The number of carbonyl (C=O) groups excluding carboxylic acids is 1. The Kier molecular flexibility index (Phi) is 4.47. The van der Waals surface area contributed by atoms with Gasteiger partial charge in [0.2, 0.25) is 5.91 Å². The zero-order valence-electron chi connectivity index (χ0n) is 10.5. The van der Waals surface area contributed by atoms with Gasteiger partial charge in [0.1, 0.15) is 12.6 Å². The van der Waals surface area contributed by atoms with Gasteiger partial charge in [-0.1, -0.05) is 0 Å². The molecule has 6 heteroatoms. The van der Waals surface area contributed by atoms with Crippen LogP contribution in [0, 0.1) is 0 Å². The van der Waals surface area contributed by atoms with Crippen LogP contribution in [0.2, 0.25) is 0 Å². The number of ether oxygens (including phenoxy) is 1. The smallest absolute Gasteiger partial charge is 0.323 e. The molecular formula is C11H20N2O4. The molecular weight excluding hydrogens is 224 g/mol. The van der Waals surface area contributed by atoms with Crippen molar-refractivity contribution in [2.45, 2.75) is 32.4 Å². The highest BCUT2D eigenvalue weighted by Crippen LogP contribution is 2.09. The third kappa shape index (κ3) is 4.70. The lowest BCUT2D eigenvalue weighted by Crippen LogP contribution is -2.58. The zero-order valence-corrected chi connectivity index (χ0v) is 10.5. The molecule has 0 bridgehead atoms. The van der Waals surface area contributed by atoms with Crippen LogP contribution in [0.1, 0.15) is 20.8 Å². The lowest BCUT2D eigenvalue weighted by molar-refractivity contribution is -0.148. The van der Waals surface area contributed by atoms with E-state index >= 15 is 0 Å². The van der Waals surface area contributed by atoms with Crippen molar-refractivity contribution < 1.29 is 19.4 Å². The van der Waals surface area contributed by atoms with E-state index in [1.165, 1.54) is 4.90 Å². The highest BCUT2D eigenvalue weighted by molar-refractivity contribution is 5.86. The predicted molar refractivity (Wildman–Crippen MR) is 61.7 cm³/mol. The minimum atomic E-state index is -0.990. The molecule has 1 aliphatic rings. The number of carbonyl (C=O) groups is 2. The second kappa shape index (κ2) is 5.46. The molecule has 0 spiro atoms.